The van der Waals surface area contributed by atoms with Gasteiger partial charge in [-0.25, -0.2) is 0 Å². The second kappa shape index (κ2) is 8.39. The van der Waals surface area contributed by atoms with Gasteiger partial charge >= 0.3 is 0 Å². The fourth-order valence-corrected chi connectivity index (χ4v) is 4.68. The van der Waals surface area contributed by atoms with Gasteiger partial charge in [0, 0.05) is 18.0 Å². The molecule has 3 aromatic rings. The first kappa shape index (κ1) is 19.1. The average molecular weight is 399 g/mol. The number of hydrogen-bond acceptors (Lipinski definition) is 5. The van der Waals surface area contributed by atoms with Crippen LogP contribution in [0, 0.1) is 5.92 Å². The van der Waals surface area contributed by atoms with Crippen LogP contribution in [0.15, 0.2) is 39.9 Å². The van der Waals surface area contributed by atoms with Gasteiger partial charge in [0.15, 0.2) is 10.9 Å². The van der Waals surface area contributed by atoms with Crippen LogP contribution in [0.1, 0.15) is 39.5 Å². The summed E-state index contributed by atoms with van der Waals surface area (Å²) in [5.41, 5.74) is 0.832. The lowest BCUT2D eigenvalue weighted by Gasteiger charge is -2.29. The molecule has 7 heteroatoms. The van der Waals surface area contributed by atoms with Crippen molar-refractivity contribution in [3.8, 4) is 11.6 Å². The van der Waals surface area contributed by atoms with E-state index >= 15 is 0 Å². The summed E-state index contributed by atoms with van der Waals surface area (Å²) in [5.74, 6) is 2.37. The molecule has 2 atom stereocenters. The minimum atomic E-state index is 0.0692. The van der Waals surface area contributed by atoms with E-state index in [9.17, 15) is 4.79 Å². The van der Waals surface area contributed by atoms with Crippen LogP contribution < -0.4 is 5.32 Å². The summed E-state index contributed by atoms with van der Waals surface area (Å²) in [7, 11) is 0. The van der Waals surface area contributed by atoms with Crippen molar-refractivity contribution >= 4 is 28.6 Å². The van der Waals surface area contributed by atoms with Crippen molar-refractivity contribution in [2.75, 3.05) is 5.75 Å². The number of nitrogens with zero attached hydrogens (tertiary/aromatic N) is 3. The first-order valence-electron chi connectivity index (χ1n) is 10.00. The van der Waals surface area contributed by atoms with Gasteiger partial charge in [0.05, 0.1) is 5.75 Å². The Morgan fingerprint density at radius 1 is 1.29 bits per heavy atom. The van der Waals surface area contributed by atoms with Crippen LogP contribution in [0.25, 0.3) is 22.6 Å². The largest absolute Gasteiger partial charge is 0.453 e. The fraction of sp³-hybridized carbons (Fsp3) is 0.476. The molecule has 28 heavy (non-hydrogen) atoms. The predicted octanol–water partition coefficient (Wildman–Crippen LogP) is 4.50. The van der Waals surface area contributed by atoms with Crippen LogP contribution in [0.3, 0.4) is 0 Å². The molecule has 148 valence electrons. The maximum atomic E-state index is 12.4. The normalized spacial score (nSPS) is 19.8. The third-order valence-electron chi connectivity index (χ3n) is 5.47. The van der Waals surface area contributed by atoms with Gasteiger partial charge in [-0.1, -0.05) is 49.7 Å². The van der Waals surface area contributed by atoms with E-state index in [1.54, 1.807) is 0 Å². The summed E-state index contributed by atoms with van der Waals surface area (Å²) in [4.78, 5) is 12.4. The zero-order valence-electron chi connectivity index (χ0n) is 16.4. The quantitative estimate of drug-likeness (QED) is 0.619. The molecule has 1 aliphatic carbocycles. The Morgan fingerprint density at radius 2 is 2.11 bits per heavy atom. The molecule has 6 nitrogen and oxygen atoms in total. The number of carbonyl (C=O) groups is 1. The lowest BCUT2D eigenvalue weighted by molar-refractivity contribution is -0.119. The van der Waals surface area contributed by atoms with Crippen LogP contribution in [0.2, 0.25) is 0 Å². The first-order valence-corrected chi connectivity index (χ1v) is 11.0. The molecule has 0 radical (unpaired) electrons. The molecule has 2 aromatic heterocycles. The van der Waals surface area contributed by atoms with Gasteiger partial charge in [-0.2, -0.15) is 0 Å². The van der Waals surface area contributed by atoms with E-state index in [0.29, 0.717) is 35.8 Å². The van der Waals surface area contributed by atoms with E-state index < -0.39 is 0 Å². The molecule has 0 saturated heterocycles. The van der Waals surface area contributed by atoms with Crippen molar-refractivity contribution in [3.63, 3.8) is 0 Å². The minimum Gasteiger partial charge on any atom is -0.453 e. The number of furan rings is 1. The van der Waals surface area contributed by atoms with Gasteiger partial charge in [0.1, 0.15) is 5.58 Å². The average Bonchev–Trinajstić information content (AvgIpc) is 3.31. The van der Waals surface area contributed by atoms with Crippen LogP contribution in [0.4, 0.5) is 0 Å². The Labute approximate surface area is 169 Å². The predicted molar refractivity (Wildman–Crippen MR) is 111 cm³/mol. The molecule has 1 N–H and O–H groups in total. The number of thioether (sulfide) groups is 1. The molecule has 1 aromatic carbocycles. The number of aromatic nitrogens is 3. The minimum absolute atomic E-state index is 0.0692. The maximum absolute atomic E-state index is 12.4. The van der Waals surface area contributed by atoms with E-state index in [4.69, 9.17) is 4.42 Å². The molecule has 1 amide bonds. The highest BCUT2D eigenvalue weighted by Gasteiger charge is 2.23. The van der Waals surface area contributed by atoms with Crippen LogP contribution >= 0.6 is 11.8 Å². The van der Waals surface area contributed by atoms with Crippen molar-refractivity contribution in [1.82, 2.24) is 20.1 Å². The zero-order valence-corrected chi connectivity index (χ0v) is 17.2. The Balaban J connectivity index is 1.44. The van der Waals surface area contributed by atoms with E-state index in [0.717, 1.165) is 22.5 Å². The second-order valence-electron chi connectivity index (χ2n) is 7.42. The van der Waals surface area contributed by atoms with Crippen LogP contribution in [-0.2, 0) is 11.3 Å². The number of benzene rings is 1. The topological polar surface area (TPSA) is 73.0 Å². The fourth-order valence-electron chi connectivity index (χ4n) is 3.86. The van der Waals surface area contributed by atoms with Crippen molar-refractivity contribution < 1.29 is 9.21 Å². The number of carbonyl (C=O) groups excluding carboxylic acids is 1. The summed E-state index contributed by atoms with van der Waals surface area (Å²) < 4.78 is 7.93. The van der Waals surface area contributed by atoms with Gasteiger partial charge in [-0.05, 0) is 37.8 Å². The van der Waals surface area contributed by atoms with Crippen molar-refractivity contribution in [3.05, 3.63) is 30.3 Å². The Bertz CT molecular complexity index is 931. The molecular formula is C21H26N4O2S. The number of nitrogens with one attached hydrogen (secondary N) is 1. The summed E-state index contributed by atoms with van der Waals surface area (Å²) in [6.45, 7) is 4.98. The van der Waals surface area contributed by atoms with Gasteiger partial charge < -0.3 is 9.73 Å². The van der Waals surface area contributed by atoms with Gasteiger partial charge in [-0.15, -0.1) is 10.2 Å². The number of para-hydroxylation sites is 1. The van der Waals surface area contributed by atoms with Gasteiger partial charge in [-0.3, -0.25) is 9.36 Å². The highest BCUT2D eigenvalue weighted by Crippen LogP contribution is 2.29. The standard InChI is InChI=1S/C21H26N4O2S/c1-3-25-20(18-12-15-9-5-7-11-17(15)27-18)23-24-21(25)28-13-19(26)22-16-10-6-4-8-14(16)2/h5,7,9,11-12,14,16H,3-4,6,8,10,13H2,1-2H3,(H,22,26)/t14-,16-/m0/s1. The monoisotopic (exact) mass is 398 g/mol. The maximum Gasteiger partial charge on any atom is 0.230 e. The van der Waals surface area contributed by atoms with Crippen molar-refractivity contribution in [2.24, 2.45) is 5.92 Å². The molecule has 0 unspecified atom stereocenters. The smallest absolute Gasteiger partial charge is 0.230 e. The van der Waals surface area contributed by atoms with Crippen LogP contribution in [0.5, 0.6) is 0 Å². The highest BCUT2D eigenvalue weighted by molar-refractivity contribution is 7.99. The van der Waals surface area contributed by atoms with Crippen molar-refractivity contribution in [1.29, 1.82) is 0 Å². The molecule has 1 aliphatic rings. The zero-order chi connectivity index (χ0) is 19.5. The molecule has 1 saturated carbocycles. The molecule has 0 spiro atoms. The Hall–Kier alpha value is -2.28. The summed E-state index contributed by atoms with van der Waals surface area (Å²) in [6, 6.07) is 10.2. The summed E-state index contributed by atoms with van der Waals surface area (Å²) in [5, 5.41) is 13.6. The number of rotatable bonds is 6. The number of hydrogen-bond donors (Lipinski definition) is 1. The van der Waals surface area contributed by atoms with Gasteiger partial charge in [0.2, 0.25) is 11.7 Å². The van der Waals surface area contributed by atoms with Crippen molar-refractivity contribution in [2.45, 2.75) is 57.3 Å². The molecule has 4 rings (SSSR count). The first-order chi connectivity index (χ1) is 13.7. The third-order valence-corrected chi connectivity index (χ3v) is 6.44. The Morgan fingerprint density at radius 3 is 2.89 bits per heavy atom. The lowest BCUT2D eigenvalue weighted by Crippen LogP contribution is -2.41. The van der Waals surface area contributed by atoms with E-state index in [2.05, 4.69) is 22.4 Å². The van der Waals surface area contributed by atoms with Gasteiger partial charge in [0.25, 0.3) is 0 Å². The molecular weight excluding hydrogens is 372 g/mol. The van der Waals surface area contributed by atoms with E-state index in [1.807, 2.05) is 41.8 Å². The molecule has 2 heterocycles. The number of fused-ring (bicyclic) bond motifs is 1. The lowest BCUT2D eigenvalue weighted by atomic mass is 9.86. The highest BCUT2D eigenvalue weighted by atomic mass is 32.2. The SMILES string of the molecule is CCn1c(SCC(=O)N[C@H]2CCCC[C@@H]2C)nnc1-c1cc2ccccc2o1. The van der Waals surface area contributed by atoms with E-state index in [-0.39, 0.29) is 5.91 Å². The van der Waals surface area contributed by atoms with E-state index in [1.165, 1.54) is 31.0 Å². The molecule has 0 bridgehead atoms. The molecule has 1 fully saturated rings. The molecule has 0 aliphatic heterocycles. The third kappa shape index (κ3) is 3.94. The second-order valence-corrected chi connectivity index (χ2v) is 8.37. The number of amides is 1. The summed E-state index contributed by atoms with van der Waals surface area (Å²) in [6.07, 6.45) is 4.75. The Kier molecular flexibility index (Phi) is 5.71. The van der Waals surface area contributed by atoms with Crippen LogP contribution in [-0.4, -0.2) is 32.5 Å². The summed E-state index contributed by atoms with van der Waals surface area (Å²) >= 11 is 1.43.